The lowest BCUT2D eigenvalue weighted by atomic mass is 10.5. The molecule has 0 saturated carbocycles. The Bertz CT molecular complexity index is 170. The molecule has 0 aliphatic rings. The summed E-state index contributed by atoms with van der Waals surface area (Å²) in [7, 11) is 0. The molecule has 0 aromatic carbocycles. The van der Waals surface area contributed by atoms with E-state index in [1.807, 2.05) is 0 Å². The van der Waals surface area contributed by atoms with E-state index in [2.05, 4.69) is 0 Å². The number of hydrogen-bond donors (Lipinski definition) is 2. The van der Waals surface area contributed by atoms with Gasteiger partial charge in [-0.05, 0) is 0 Å². The highest BCUT2D eigenvalue weighted by atomic mass is 32.2. The Morgan fingerprint density at radius 2 is 2.08 bits per heavy atom. The number of aliphatic hydroxyl groups is 1. The maximum absolute atomic E-state index is 10.9. The first-order chi connectivity index (χ1) is 6.16. The number of aliphatic carboxylic acids is 1. The van der Waals surface area contributed by atoms with Crippen LogP contribution in [0.2, 0.25) is 0 Å². The van der Waals surface area contributed by atoms with E-state index in [0.29, 0.717) is 0 Å². The highest BCUT2D eigenvalue weighted by Gasteiger charge is 2.04. The molecule has 0 bridgehead atoms. The van der Waals surface area contributed by atoms with Crippen LogP contribution in [0.1, 0.15) is 6.42 Å². The zero-order valence-corrected chi connectivity index (χ0v) is 7.88. The van der Waals surface area contributed by atoms with Gasteiger partial charge in [0.25, 0.3) is 0 Å². The van der Waals surface area contributed by atoms with Crippen molar-refractivity contribution >= 4 is 22.8 Å². The lowest BCUT2D eigenvalue weighted by molar-refractivity contribution is -0.136. The van der Waals surface area contributed by atoms with Gasteiger partial charge in [-0.25, -0.2) is 0 Å². The third kappa shape index (κ3) is 9.32. The Morgan fingerprint density at radius 1 is 1.38 bits per heavy atom. The fraction of sp³-hybridized carbons (Fsp3) is 0.714. The highest BCUT2D eigenvalue weighted by Crippen LogP contribution is 2.04. The standard InChI is InChI=1S/C7H12O5S/c8-2-3-12-5-7(11)13-4-1-6(9)10/h8H,1-5H2,(H,9,10). The van der Waals surface area contributed by atoms with E-state index < -0.39 is 5.97 Å². The molecule has 0 amide bonds. The molecule has 0 radical (unpaired) electrons. The Morgan fingerprint density at radius 3 is 2.62 bits per heavy atom. The van der Waals surface area contributed by atoms with Crippen molar-refractivity contribution in [1.29, 1.82) is 0 Å². The van der Waals surface area contributed by atoms with Crippen molar-refractivity contribution in [2.24, 2.45) is 0 Å². The van der Waals surface area contributed by atoms with Gasteiger partial charge in [-0.15, -0.1) is 0 Å². The Hall–Kier alpha value is -0.590. The molecule has 0 aromatic heterocycles. The number of thioether (sulfide) groups is 1. The van der Waals surface area contributed by atoms with Crippen molar-refractivity contribution in [3.05, 3.63) is 0 Å². The molecular formula is C7H12O5S. The van der Waals surface area contributed by atoms with E-state index in [1.54, 1.807) is 0 Å². The number of aliphatic hydroxyl groups excluding tert-OH is 1. The van der Waals surface area contributed by atoms with Crippen molar-refractivity contribution < 1.29 is 24.5 Å². The zero-order chi connectivity index (χ0) is 10.1. The summed E-state index contributed by atoms with van der Waals surface area (Å²) in [6, 6.07) is 0. The van der Waals surface area contributed by atoms with Gasteiger partial charge in [-0.2, -0.15) is 0 Å². The Kier molecular flexibility index (Phi) is 7.66. The van der Waals surface area contributed by atoms with Gasteiger partial charge in [0.1, 0.15) is 6.61 Å². The maximum atomic E-state index is 10.9. The second-order valence-corrected chi connectivity index (χ2v) is 3.29. The average Bonchev–Trinajstić information content (AvgIpc) is 2.04. The number of carboxylic acids is 1. The van der Waals surface area contributed by atoms with Crippen LogP contribution < -0.4 is 0 Å². The summed E-state index contributed by atoms with van der Waals surface area (Å²) in [5, 5.41) is 16.3. The zero-order valence-electron chi connectivity index (χ0n) is 7.06. The molecule has 0 aromatic rings. The molecule has 0 rings (SSSR count). The van der Waals surface area contributed by atoms with Crippen molar-refractivity contribution in [2.75, 3.05) is 25.6 Å². The van der Waals surface area contributed by atoms with E-state index in [1.165, 1.54) is 0 Å². The fourth-order valence-electron chi connectivity index (χ4n) is 0.514. The number of carboxylic acid groups (broad SMARTS) is 1. The first-order valence-electron chi connectivity index (χ1n) is 3.73. The molecule has 0 heterocycles. The first-order valence-corrected chi connectivity index (χ1v) is 4.71. The number of hydrogen-bond acceptors (Lipinski definition) is 5. The largest absolute Gasteiger partial charge is 0.481 e. The van der Waals surface area contributed by atoms with E-state index in [0.717, 1.165) is 11.8 Å². The topological polar surface area (TPSA) is 83.8 Å². The van der Waals surface area contributed by atoms with Gasteiger partial charge >= 0.3 is 5.97 Å². The van der Waals surface area contributed by atoms with Crippen molar-refractivity contribution in [3.63, 3.8) is 0 Å². The van der Waals surface area contributed by atoms with Gasteiger partial charge in [0.15, 0.2) is 0 Å². The molecule has 0 atom stereocenters. The van der Waals surface area contributed by atoms with Crippen LogP contribution in [0.5, 0.6) is 0 Å². The average molecular weight is 208 g/mol. The summed E-state index contributed by atoms with van der Waals surface area (Å²) in [6.45, 7) is -0.0663. The fourth-order valence-corrected chi connectivity index (χ4v) is 1.18. The van der Waals surface area contributed by atoms with Gasteiger partial charge in [0.2, 0.25) is 5.12 Å². The lowest BCUT2D eigenvalue weighted by Crippen LogP contribution is -2.09. The van der Waals surface area contributed by atoms with Crippen LogP contribution in [-0.4, -0.2) is 46.9 Å². The monoisotopic (exact) mass is 208 g/mol. The summed E-state index contributed by atoms with van der Waals surface area (Å²) < 4.78 is 4.73. The molecule has 13 heavy (non-hydrogen) atoms. The SMILES string of the molecule is O=C(O)CCSC(=O)COCCO. The predicted octanol–water partition coefficient (Wildman–Crippen LogP) is -0.270. The predicted molar refractivity (Wildman–Crippen MR) is 47.6 cm³/mol. The molecule has 76 valence electrons. The van der Waals surface area contributed by atoms with Crippen LogP contribution in [0, 0.1) is 0 Å². The number of carbonyl (C=O) groups is 2. The van der Waals surface area contributed by atoms with E-state index >= 15 is 0 Å². The molecule has 0 saturated heterocycles. The number of ether oxygens (including phenoxy) is 1. The lowest BCUT2D eigenvalue weighted by Gasteiger charge is -1.99. The highest BCUT2D eigenvalue weighted by molar-refractivity contribution is 8.13. The summed E-state index contributed by atoms with van der Waals surface area (Å²) in [5.74, 6) is -0.659. The summed E-state index contributed by atoms with van der Waals surface area (Å²) in [5.41, 5.74) is 0. The summed E-state index contributed by atoms with van der Waals surface area (Å²) in [4.78, 5) is 20.9. The Balaban J connectivity index is 3.25. The molecular weight excluding hydrogens is 196 g/mol. The molecule has 2 N–H and O–H groups in total. The van der Waals surface area contributed by atoms with Crippen LogP contribution in [-0.2, 0) is 14.3 Å². The number of rotatable bonds is 7. The smallest absolute Gasteiger partial charge is 0.304 e. The molecule has 0 unspecified atom stereocenters. The quantitative estimate of drug-likeness (QED) is 0.560. The number of carbonyl (C=O) groups excluding carboxylic acids is 1. The summed E-state index contributed by atoms with van der Waals surface area (Å²) >= 11 is 0.929. The van der Waals surface area contributed by atoms with Crippen LogP contribution in [0.15, 0.2) is 0 Å². The molecule has 0 aliphatic heterocycles. The van der Waals surface area contributed by atoms with Crippen molar-refractivity contribution in [3.8, 4) is 0 Å². The van der Waals surface area contributed by atoms with Gasteiger partial charge in [-0.1, -0.05) is 11.8 Å². The van der Waals surface area contributed by atoms with Gasteiger partial charge in [0, 0.05) is 5.75 Å². The van der Waals surface area contributed by atoms with Gasteiger partial charge < -0.3 is 14.9 Å². The minimum Gasteiger partial charge on any atom is -0.481 e. The van der Waals surface area contributed by atoms with Crippen LogP contribution >= 0.6 is 11.8 Å². The minimum atomic E-state index is -0.920. The summed E-state index contributed by atoms with van der Waals surface area (Å²) in [6.07, 6.45) is -0.0313. The van der Waals surface area contributed by atoms with Crippen LogP contribution in [0.3, 0.4) is 0 Å². The van der Waals surface area contributed by atoms with Crippen LogP contribution in [0.25, 0.3) is 0 Å². The second-order valence-electron chi connectivity index (χ2n) is 2.14. The van der Waals surface area contributed by atoms with E-state index in [4.69, 9.17) is 14.9 Å². The molecule has 5 nitrogen and oxygen atoms in total. The molecule has 0 fully saturated rings. The molecule has 0 spiro atoms. The Labute approximate surface area is 80.1 Å². The maximum Gasteiger partial charge on any atom is 0.304 e. The first kappa shape index (κ1) is 12.4. The van der Waals surface area contributed by atoms with Gasteiger partial charge in [0.05, 0.1) is 19.6 Å². The molecule has 0 aliphatic carbocycles. The molecule has 6 heteroatoms. The third-order valence-electron chi connectivity index (χ3n) is 1.03. The normalized spacial score (nSPS) is 9.92. The minimum absolute atomic E-state index is 0.0313. The third-order valence-corrected chi connectivity index (χ3v) is 1.88. The second kappa shape index (κ2) is 8.03. The van der Waals surface area contributed by atoms with Crippen molar-refractivity contribution in [2.45, 2.75) is 6.42 Å². The van der Waals surface area contributed by atoms with E-state index in [9.17, 15) is 9.59 Å². The van der Waals surface area contributed by atoms with Gasteiger partial charge in [-0.3, -0.25) is 9.59 Å². The van der Waals surface area contributed by atoms with E-state index in [-0.39, 0.29) is 37.1 Å². The van der Waals surface area contributed by atoms with Crippen molar-refractivity contribution in [1.82, 2.24) is 0 Å². The van der Waals surface area contributed by atoms with Crippen LogP contribution in [0.4, 0.5) is 0 Å².